The Morgan fingerprint density at radius 1 is 1.24 bits per heavy atom. The van der Waals surface area contributed by atoms with Gasteiger partial charge in [0.1, 0.15) is 17.6 Å². The van der Waals surface area contributed by atoms with Crippen molar-refractivity contribution in [3.8, 4) is 11.5 Å². The van der Waals surface area contributed by atoms with Gasteiger partial charge in [-0.2, -0.15) is 0 Å². The monoisotopic (exact) mass is 340 g/mol. The first kappa shape index (κ1) is 16.8. The van der Waals surface area contributed by atoms with Crippen molar-refractivity contribution in [2.24, 2.45) is 5.73 Å². The minimum absolute atomic E-state index is 0.108. The van der Waals surface area contributed by atoms with Crippen LogP contribution in [0.3, 0.4) is 0 Å². The summed E-state index contributed by atoms with van der Waals surface area (Å²) >= 11 is 0. The van der Waals surface area contributed by atoms with Crippen LogP contribution in [0.1, 0.15) is 40.1 Å². The highest BCUT2D eigenvalue weighted by atomic mass is 16.5. The van der Waals surface area contributed by atoms with Gasteiger partial charge >= 0.3 is 0 Å². The summed E-state index contributed by atoms with van der Waals surface area (Å²) in [5.41, 5.74) is 7.61. The predicted octanol–water partition coefficient (Wildman–Crippen LogP) is 2.76. The van der Waals surface area contributed by atoms with Gasteiger partial charge in [-0.15, -0.1) is 0 Å². The molecule has 2 aromatic carbocycles. The normalized spacial score (nSPS) is 15.2. The van der Waals surface area contributed by atoms with Crippen LogP contribution >= 0.6 is 0 Å². The molecule has 0 saturated carbocycles. The third kappa shape index (κ3) is 3.57. The number of rotatable bonds is 5. The largest absolute Gasteiger partial charge is 0.492 e. The molecule has 25 heavy (non-hydrogen) atoms. The van der Waals surface area contributed by atoms with Crippen LogP contribution in [0.4, 0.5) is 5.69 Å². The van der Waals surface area contributed by atoms with Gasteiger partial charge in [0.25, 0.3) is 5.91 Å². The Morgan fingerprint density at radius 3 is 2.56 bits per heavy atom. The summed E-state index contributed by atoms with van der Waals surface area (Å²) in [6.45, 7) is 4.38. The quantitative estimate of drug-likeness (QED) is 0.875. The molecule has 0 saturated heterocycles. The maximum absolute atomic E-state index is 12.5. The molecule has 1 aliphatic rings. The van der Waals surface area contributed by atoms with Crippen molar-refractivity contribution < 1.29 is 19.1 Å². The van der Waals surface area contributed by atoms with Gasteiger partial charge in [0.15, 0.2) is 0 Å². The molecule has 1 unspecified atom stereocenters. The zero-order valence-corrected chi connectivity index (χ0v) is 14.2. The Bertz CT molecular complexity index is 815. The van der Waals surface area contributed by atoms with Crippen LogP contribution in [0, 0.1) is 0 Å². The maximum atomic E-state index is 12.5. The number of carbonyl (C=O) groups is 2. The van der Waals surface area contributed by atoms with Crippen LogP contribution in [0.2, 0.25) is 0 Å². The Balaban J connectivity index is 1.85. The lowest BCUT2D eigenvalue weighted by atomic mass is 10.1. The van der Waals surface area contributed by atoms with Crippen molar-refractivity contribution in [2.75, 3.05) is 11.9 Å². The number of hydrogen-bond acceptors (Lipinski definition) is 4. The Hall–Kier alpha value is -3.02. The fourth-order valence-corrected chi connectivity index (χ4v) is 2.79. The van der Waals surface area contributed by atoms with Gasteiger partial charge in [-0.3, -0.25) is 9.59 Å². The van der Waals surface area contributed by atoms with Crippen molar-refractivity contribution in [2.45, 2.75) is 26.4 Å². The second kappa shape index (κ2) is 6.84. The molecule has 1 aliphatic heterocycles. The fraction of sp³-hybridized carbons (Fsp3) is 0.263. The van der Waals surface area contributed by atoms with E-state index < -0.39 is 5.91 Å². The van der Waals surface area contributed by atoms with E-state index in [1.807, 2.05) is 19.9 Å². The minimum atomic E-state index is -0.532. The molecule has 0 spiro atoms. The first-order valence-electron chi connectivity index (χ1n) is 8.15. The molecule has 0 bridgehead atoms. The van der Waals surface area contributed by atoms with E-state index in [-0.39, 0.29) is 12.0 Å². The summed E-state index contributed by atoms with van der Waals surface area (Å²) in [6.07, 6.45) is 0.926. The molecule has 0 aromatic heterocycles. The number of nitrogens with two attached hydrogens (primary N) is 1. The maximum Gasteiger partial charge on any atom is 0.255 e. The Morgan fingerprint density at radius 2 is 1.92 bits per heavy atom. The van der Waals surface area contributed by atoms with Gasteiger partial charge in [0.2, 0.25) is 5.91 Å². The summed E-state index contributed by atoms with van der Waals surface area (Å²) in [6, 6.07) is 9.86. The molecule has 1 atom stereocenters. The SMILES string of the molecule is CCOc1cc2c(cc1NC(=O)c1ccc(C(N)=O)cc1)OC(C)C2. The molecule has 3 N–H and O–H groups in total. The van der Waals surface area contributed by atoms with Crippen LogP contribution in [-0.2, 0) is 6.42 Å². The molecule has 2 aromatic rings. The van der Waals surface area contributed by atoms with E-state index in [1.165, 1.54) is 12.1 Å². The van der Waals surface area contributed by atoms with Gasteiger partial charge in [-0.25, -0.2) is 0 Å². The molecule has 0 fully saturated rings. The summed E-state index contributed by atoms with van der Waals surface area (Å²) in [4.78, 5) is 23.6. The lowest BCUT2D eigenvalue weighted by Crippen LogP contribution is -2.15. The van der Waals surface area contributed by atoms with Crippen LogP contribution in [-0.4, -0.2) is 24.5 Å². The van der Waals surface area contributed by atoms with E-state index >= 15 is 0 Å². The number of fused-ring (bicyclic) bond motifs is 1. The van der Waals surface area contributed by atoms with Gasteiger partial charge in [0.05, 0.1) is 12.3 Å². The molecule has 0 aliphatic carbocycles. The van der Waals surface area contributed by atoms with E-state index in [9.17, 15) is 9.59 Å². The van der Waals surface area contributed by atoms with Gasteiger partial charge in [0, 0.05) is 29.2 Å². The van der Waals surface area contributed by atoms with Crippen LogP contribution in [0.5, 0.6) is 11.5 Å². The molecule has 3 rings (SSSR count). The summed E-state index contributed by atoms with van der Waals surface area (Å²) in [7, 11) is 0. The third-order valence-corrected chi connectivity index (χ3v) is 3.98. The lowest BCUT2D eigenvalue weighted by molar-refractivity contribution is 0.0995. The molecule has 2 amide bonds. The van der Waals surface area contributed by atoms with Crippen molar-refractivity contribution in [3.63, 3.8) is 0 Å². The highest BCUT2D eigenvalue weighted by Gasteiger charge is 2.22. The number of primary amides is 1. The third-order valence-electron chi connectivity index (χ3n) is 3.98. The average Bonchev–Trinajstić information content (AvgIpc) is 2.94. The number of amides is 2. The van der Waals surface area contributed by atoms with E-state index in [4.69, 9.17) is 15.2 Å². The highest BCUT2D eigenvalue weighted by molar-refractivity contribution is 6.05. The smallest absolute Gasteiger partial charge is 0.255 e. The average molecular weight is 340 g/mol. The predicted molar refractivity (Wildman–Crippen MR) is 94.3 cm³/mol. The molecular weight excluding hydrogens is 320 g/mol. The molecular formula is C19H20N2O4. The number of ether oxygens (including phenoxy) is 2. The first-order valence-corrected chi connectivity index (χ1v) is 8.15. The van der Waals surface area contributed by atoms with Crippen molar-refractivity contribution in [1.82, 2.24) is 0 Å². The molecule has 1 heterocycles. The fourth-order valence-electron chi connectivity index (χ4n) is 2.79. The summed E-state index contributed by atoms with van der Waals surface area (Å²) in [5.74, 6) is 0.537. The summed E-state index contributed by atoms with van der Waals surface area (Å²) in [5, 5.41) is 2.84. The number of nitrogens with one attached hydrogen (secondary N) is 1. The van der Waals surface area contributed by atoms with Gasteiger partial charge < -0.3 is 20.5 Å². The topological polar surface area (TPSA) is 90.6 Å². The van der Waals surface area contributed by atoms with E-state index in [1.54, 1.807) is 18.2 Å². The number of carbonyl (C=O) groups excluding carboxylic acids is 2. The second-order valence-electron chi connectivity index (χ2n) is 5.92. The highest BCUT2D eigenvalue weighted by Crippen LogP contribution is 2.38. The molecule has 6 nitrogen and oxygen atoms in total. The van der Waals surface area contributed by atoms with Crippen molar-refractivity contribution in [3.05, 3.63) is 53.1 Å². The molecule has 6 heteroatoms. The summed E-state index contributed by atoms with van der Waals surface area (Å²) < 4.78 is 11.4. The standard InChI is InChI=1S/C19H20N2O4/c1-3-24-17-9-14-8-11(2)25-16(14)10-15(17)21-19(23)13-6-4-12(5-7-13)18(20)22/h4-7,9-11H,3,8H2,1-2H3,(H2,20,22)(H,21,23). The van der Waals surface area contributed by atoms with Gasteiger partial charge in [-0.05, 0) is 44.2 Å². The zero-order valence-electron chi connectivity index (χ0n) is 14.2. The Kier molecular flexibility index (Phi) is 4.61. The van der Waals surface area contributed by atoms with Crippen LogP contribution in [0.25, 0.3) is 0 Å². The van der Waals surface area contributed by atoms with Crippen molar-refractivity contribution >= 4 is 17.5 Å². The van der Waals surface area contributed by atoms with E-state index in [2.05, 4.69) is 5.32 Å². The van der Waals surface area contributed by atoms with Crippen LogP contribution in [0.15, 0.2) is 36.4 Å². The first-order chi connectivity index (χ1) is 12.0. The molecule has 0 radical (unpaired) electrons. The van der Waals surface area contributed by atoms with Crippen LogP contribution < -0.4 is 20.5 Å². The van der Waals surface area contributed by atoms with Crippen molar-refractivity contribution in [1.29, 1.82) is 0 Å². The zero-order chi connectivity index (χ0) is 18.0. The number of anilines is 1. The lowest BCUT2D eigenvalue weighted by Gasteiger charge is -2.13. The van der Waals surface area contributed by atoms with E-state index in [0.717, 1.165) is 17.7 Å². The minimum Gasteiger partial charge on any atom is -0.492 e. The second-order valence-corrected chi connectivity index (χ2v) is 5.92. The number of benzene rings is 2. The van der Waals surface area contributed by atoms with E-state index in [0.29, 0.717) is 29.2 Å². The molecule has 130 valence electrons. The number of hydrogen-bond donors (Lipinski definition) is 2. The Labute approximate surface area is 145 Å². The van der Waals surface area contributed by atoms with Gasteiger partial charge in [-0.1, -0.05) is 0 Å².